The molecule has 0 spiro atoms. The van der Waals surface area contributed by atoms with Gasteiger partial charge < -0.3 is 15.5 Å². The number of hydrogen-bond donors (Lipinski definition) is 1. The highest BCUT2D eigenvalue weighted by atomic mass is 35.5. The number of likely N-dealkylation sites (N-methyl/N-ethyl adjacent to an activating group) is 1. The van der Waals surface area contributed by atoms with Crippen LogP contribution in [0.25, 0.3) is 0 Å². The van der Waals surface area contributed by atoms with E-state index in [0.29, 0.717) is 11.1 Å². The smallest absolute Gasteiger partial charge is 0.222 e. The molecule has 1 atom stereocenters. The molecule has 0 amide bonds. The Morgan fingerprint density at radius 3 is 3.00 bits per heavy atom. The molecule has 1 saturated heterocycles. The molecule has 1 unspecified atom stereocenters. The van der Waals surface area contributed by atoms with Gasteiger partial charge in [0.2, 0.25) is 5.95 Å². The molecule has 0 radical (unpaired) electrons. The second kappa shape index (κ2) is 5.06. The summed E-state index contributed by atoms with van der Waals surface area (Å²) >= 11 is 6.12. The highest BCUT2D eigenvalue weighted by molar-refractivity contribution is 6.32. The van der Waals surface area contributed by atoms with E-state index in [0.717, 1.165) is 25.3 Å². The van der Waals surface area contributed by atoms with Crippen LogP contribution in [0, 0.1) is 0 Å². The molecule has 0 aliphatic carbocycles. The van der Waals surface area contributed by atoms with Crippen LogP contribution in [0.1, 0.15) is 12.8 Å². The number of halogens is 1. The summed E-state index contributed by atoms with van der Waals surface area (Å²) in [5.74, 6) is 1.03. The van der Waals surface area contributed by atoms with Crippen molar-refractivity contribution in [3.8, 4) is 0 Å². The fourth-order valence-electron chi connectivity index (χ4n) is 2.16. The zero-order chi connectivity index (χ0) is 12.4. The highest BCUT2D eigenvalue weighted by Gasteiger charge is 2.23. The van der Waals surface area contributed by atoms with Gasteiger partial charge in [0.1, 0.15) is 5.02 Å². The van der Waals surface area contributed by atoms with Crippen LogP contribution in [0.3, 0.4) is 0 Å². The Balaban J connectivity index is 2.18. The van der Waals surface area contributed by atoms with Gasteiger partial charge in [-0.25, -0.2) is 4.98 Å². The van der Waals surface area contributed by atoms with Gasteiger partial charge in [-0.3, -0.25) is 0 Å². The largest absolute Gasteiger partial charge is 0.368 e. The van der Waals surface area contributed by atoms with Crippen LogP contribution in [0.4, 0.5) is 11.8 Å². The van der Waals surface area contributed by atoms with E-state index >= 15 is 0 Å². The SMILES string of the molecule is CN(C)C1CCCN(c2nc(N)ncc2Cl)C1. The standard InChI is InChI=1S/C11H18ClN5/c1-16(2)8-4-3-5-17(7-8)10-9(12)6-14-11(13)15-10/h6,8H,3-5,7H2,1-2H3,(H2,13,14,15). The topological polar surface area (TPSA) is 58.3 Å². The minimum Gasteiger partial charge on any atom is -0.368 e. The van der Waals surface area contributed by atoms with Crippen LogP contribution in [0.15, 0.2) is 6.20 Å². The summed E-state index contributed by atoms with van der Waals surface area (Å²) in [5, 5.41) is 0.568. The maximum absolute atomic E-state index is 6.12. The van der Waals surface area contributed by atoms with Crippen LogP contribution >= 0.6 is 11.6 Å². The van der Waals surface area contributed by atoms with E-state index in [1.54, 1.807) is 6.20 Å². The quantitative estimate of drug-likeness (QED) is 0.862. The van der Waals surface area contributed by atoms with Crippen LogP contribution in [0.5, 0.6) is 0 Å². The molecule has 1 aliphatic heterocycles. The molecule has 0 bridgehead atoms. The number of piperidine rings is 1. The van der Waals surface area contributed by atoms with E-state index < -0.39 is 0 Å². The zero-order valence-electron chi connectivity index (χ0n) is 10.2. The van der Waals surface area contributed by atoms with Crippen molar-refractivity contribution in [1.82, 2.24) is 14.9 Å². The number of hydrogen-bond acceptors (Lipinski definition) is 5. The summed E-state index contributed by atoms with van der Waals surface area (Å²) in [6.45, 7) is 1.91. The first-order valence-electron chi connectivity index (χ1n) is 5.77. The minimum atomic E-state index is 0.274. The average molecular weight is 256 g/mol. The summed E-state index contributed by atoms with van der Waals surface area (Å²) in [6.07, 6.45) is 3.92. The molecule has 0 aromatic carbocycles. The van der Waals surface area contributed by atoms with Crippen molar-refractivity contribution in [3.63, 3.8) is 0 Å². The first-order chi connectivity index (χ1) is 8.08. The Morgan fingerprint density at radius 1 is 1.53 bits per heavy atom. The minimum absolute atomic E-state index is 0.274. The average Bonchev–Trinajstić information content (AvgIpc) is 2.32. The van der Waals surface area contributed by atoms with Gasteiger partial charge in [0.05, 0.1) is 6.20 Å². The molecule has 0 saturated carbocycles. The van der Waals surface area contributed by atoms with Gasteiger partial charge in [0.15, 0.2) is 5.82 Å². The van der Waals surface area contributed by atoms with E-state index in [1.807, 2.05) is 0 Å². The summed E-state index contributed by atoms with van der Waals surface area (Å²) in [7, 11) is 4.20. The molecule has 17 heavy (non-hydrogen) atoms. The van der Waals surface area contributed by atoms with Gasteiger partial charge in [-0.1, -0.05) is 11.6 Å². The lowest BCUT2D eigenvalue weighted by Gasteiger charge is -2.37. The van der Waals surface area contributed by atoms with Crippen molar-refractivity contribution in [3.05, 3.63) is 11.2 Å². The molecule has 2 rings (SSSR count). The summed E-state index contributed by atoms with van der Waals surface area (Å²) < 4.78 is 0. The predicted octanol–water partition coefficient (Wildman–Crippen LogP) is 1.24. The fourth-order valence-corrected chi connectivity index (χ4v) is 2.37. The van der Waals surface area contributed by atoms with Gasteiger partial charge in [-0.15, -0.1) is 0 Å². The number of rotatable bonds is 2. The van der Waals surface area contributed by atoms with E-state index in [-0.39, 0.29) is 5.95 Å². The summed E-state index contributed by atoms with van der Waals surface area (Å²) in [6, 6.07) is 0.538. The van der Waals surface area contributed by atoms with Crippen LogP contribution in [-0.2, 0) is 0 Å². The molecule has 6 heteroatoms. The second-order valence-corrected chi connectivity index (χ2v) is 5.01. The van der Waals surface area contributed by atoms with Gasteiger partial charge in [0, 0.05) is 19.1 Å². The van der Waals surface area contributed by atoms with Crippen molar-refractivity contribution in [2.75, 3.05) is 37.8 Å². The second-order valence-electron chi connectivity index (χ2n) is 4.61. The lowest BCUT2D eigenvalue weighted by atomic mass is 10.1. The van der Waals surface area contributed by atoms with E-state index in [1.165, 1.54) is 6.42 Å². The van der Waals surface area contributed by atoms with Gasteiger partial charge in [0.25, 0.3) is 0 Å². The monoisotopic (exact) mass is 255 g/mol. The first-order valence-corrected chi connectivity index (χ1v) is 6.15. The molecule has 2 N–H and O–H groups in total. The Bertz CT molecular complexity index is 395. The predicted molar refractivity (Wildman–Crippen MR) is 70.4 cm³/mol. The molecule has 2 heterocycles. The highest BCUT2D eigenvalue weighted by Crippen LogP contribution is 2.26. The molecular weight excluding hydrogens is 238 g/mol. The Morgan fingerprint density at radius 2 is 2.29 bits per heavy atom. The van der Waals surface area contributed by atoms with Crippen molar-refractivity contribution in [1.29, 1.82) is 0 Å². The lowest BCUT2D eigenvalue weighted by molar-refractivity contribution is 0.257. The van der Waals surface area contributed by atoms with Crippen molar-refractivity contribution in [2.45, 2.75) is 18.9 Å². The van der Waals surface area contributed by atoms with E-state index in [4.69, 9.17) is 17.3 Å². The van der Waals surface area contributed by atoms with Crippen molar-refractivity contribution >= 4 is 23.4 Å². The maximum atomic E-state index is 6.12. The molecule has 5 nitrogen and oxygen atoms in total. The number of anilines is 2. The molecule has 1 aliphatic rings. The van der Waals surface area contributed by atoms with Crippen molar-refractivity contribution in [2.24, 2.45) is 0 Å². The summed E-state index contributed by atoms with van der Waals surface area (Å²) in [5.41, 5.74) is 5.61. The maximum Gasteiger partial charge on any atom is 0.222 e. The van der Waals surface area contributed by atoms with Gasteiger partial charge in [-0.2, -0.15) is 4.98 Å². The first kappa shape index (κ1) is 12.4. The normalized spacial score (nSPS) is 20.9. The van der Waals surface area contributed by atoms with E-state index in [9.17, 15) is 0 Å². The third kappa shape index (κ3) is 2.79. The van der Waals surface area contributed by atoms with E-state index in [2.05, 4.69) is 33.9 Å². The third-order valence-electron chi connectivity index (χ3n) is 3.17. The zero-order valence-corrected chi connectivity index (χ0v) is 11.0. The summed E-state index contributed by atoms with van der Waals surface area (Å²) in [4.78, 5) is 12.5. The Kier molecular flexibility index (Phi) is 3.69. The lowest BCUT2D eigenvalue weighted by Crippen LogP contribution is -2.45. The number of nitrogens with zero attached hydrogens (tertiary/aromatic N) is 4. The molecule has 1 aromatic rings. The Hall–Kier alpha value is -1.07. The Labute approximate surface area is 107 Å². The number of nitrogen functional groups attached to an aromatic ring is 1. The number of aromatic nitrogens is 2. The van der Waals surface area contributed by atoms with Gasteiger partial charge in [-0.05, 0) is 26.9 Å². The van der Waals surface area contributed by atoms with Crippen LogP contribution < -0.4 is 10.6 Å². The molecule has 1 fully saturated rings. The molecule has 1 aromatic heterocycles. The third-order valence-corrected chi connectivity index (χ3v) is 3.44. The van der Waals surface area contributed by atoms with Crippen LogP contribution in [-0.4, -0.2) is 48.1 Å². The van der Waals surface area contributed by atoms with Crippen molar-refractivity contribution < 1.29 is 0 Å². The van der Waals surface area contributed by atoms with Crippen LogP contribution in [0.2, 0.25) is 5.02 Å². The number of nitrogens with two attached hydrogens (primary N) is 1. The van der Waals surface area contributed by atoms with Gasteiger partial charge >= 0.3 is 0 Å². The fraction of sp³-hybridized carbons (Fsp3) is 0.636. The molecular formula is C11H18ClN5. The molecule has 94 valence electrons.